The number of aromatic hydroxyl groups is 1. The minimum atomic E-state index is 0.345. The molecule has 1 N–H and O–H groups in total. The molecule has 0 aromatic heterocycles. The molecule has 2 aliphatic rings. The number of phenols is 1. The minimum absolute atomic E-state index is 0.345. The van der Waals surface area contributed by atoms with Crippen molar-refractivity contribution in [3.05, 3.63) is 23.8 Å². The van der Waals surface area contributed by atoms with E-state index in [4.69, 9.17) is 4.74 Å². The predicted molar refractivity (Wildman–Crippen MR) is 83.7 cm³/mol. The maximum atomic E-state index is 10.1. The van der Waals surface area contributed by atoms with Crippen molar-refractivity contribution in [2.24, 2.45) is 5.92 Å². The summed E-state index contributed by atoms with van der Waals surface area (Å²) in [6, 6.07) is 6.37. The Labute approximate surface area is 127 Å². The zero-order valence-corrected chi connectivity index (χ0v) is 13.1. The molecule has 2 saturated heterocycles. The quantitative estimate of drug-likeness (QED) is 0.927. The summed E-state index contributed by atoms with van der Waals surface area (Å²) in [7, 11) is 3.89. The van der Waals surface area contributed by atoms with Gasteiger partial charge in [-0.3, -0.25) is 4.90 Å². The SMILES string of the molecule is COc1ccc(CN2CCC3C(CCCN3C)C2)c(O)c1. The summed E-state index contributed by atoms with van der Waals surface area (Å²) in [5.74, 6) is 1.85. The zero-order valence-electron chi connectivity index (χ0n) is 13.1. The average molecular weight is 290 g/mol. The number of hydrogen-bond acceptors (Lipinski definition) is 4. The molecule has 1 aromatic rings. The van der Waals surface area contributed by atoms with Crippen LogP contribution in [0.15, 0.2) is 18.2 Å². The standard InChI is InChI=1S/C17H26N2O2/c1-18-8-3-4-13-11-19(9-7-16(13)18)12-14-5-6-15(21-2)10-17(14)20/h5-6,10,13,16,20H,3-4,7-9,11-12H2,1-2H3. The highest BCUT2D eigenvalue weighted by atomic mass is 16.5. The van der Waals surface area contributed by atoms with Crippen LogP contribution in [0.2, 0.25) is 0 Å². The first-order chi connectivity index (χ1) is 10.2. The van der Waals surface area contributed by atoms with Crippen molar-refractivity contribution in [1.29, 1.82) is 0 Å². The molecule has 2 atom stereocenters. The molecule has 2 unspecified atom stereocenters. The molecular weight excluding hydrogens is 264 g/mol. The molecule has 116 valence electrons. The summed E-state index contributed by atoms with van der Waals surface area (Å²) in [4.78, 5) is 5.03. The van der Waals surface area contributed by atoms with Crippen LogP contribution in [0, 0.1) is 5.92 Å². The van der Waals surface area contributed by atoms with Crippen molar-refractivity contribution in [3.63, 3.8) is 0 Å². The summed E-state index contributed by atoms with van der Waals surface area (Å²) >= 11 is 0. The Balaban J connectivity index is 1.64. The smallest absolute Gasteiger partial charge is 0.123 e. The van der Waals surface area contributed by atoms with Gasteiger partial charge < -0.3 is 14.7 Å². The molecule has 0 saturated carbocycles. The molecule has 4 nitrogen and oxygen atoms in total. The number of piperidine rings is 2. The minimum Gasteiger partial charge on any atom is -0.507 e. The van der Waals surface area contributed by atoms with Gasteiger partial charge in [-0.1, -0.05) is 6.07 Å². The fourth-order valence-electron chi connectivity index (χ4n) is 3.92. The molecule has 21 heavy (non-hydrogen) atoms. The van der Waals surface area contributed by atoms with E-state index in [0.717, 1.165) is 37.2 Å². The second-order valence-electron chi connectivity index (χ2n) is 6.47. The molecule has 2 heterocycles. The molecule has 3 rings (SSSR count). The van der Waals surface area contributed by atoms with Gasteiger partial charge in [0.1, 0.15) is 11.5 Å². The third-order valence-corrected chi connectivity index (χ3v) is 5.12. The van der Waals surface area contributed by atoms with Crippen LogP contribution in [0.1, 0.15) is 24.8 Å². The fraction of sp³-hybridized carbons (Fsp3) is 0.647. The number of fused-ring (bicyclic) bond motifs is 1. The van der Waals surface area contributed by atoms with Crippen molar-refractivity contribution in [3.8, 4) is 11.5 Å². The van der Waals surface area contributed by atoms with E-state index in [2.05, 4.69) is 16.8 Å². The van der Waals surface area contributed by atoms with Crippen molar-refractivity contribution in [2.75, 3.05) is 33.8 Å². The fourth-order valence-corrected chi connectivity index (χ4v) is 3.92. The van der Waals surface area contributed by atoms with Crippen LogP contribution in [0.5, 0.6) is 11.5 Å². The molecule has 2 fully saturated rings. The largest absolute Gasteiger partial charge is 0.507 e. The summed E-state index contributed by atoms with van der Waals surface area (Å²) in [6.07, 6.45) is 3.91. The van der Waals surface area contributed by atoms with Crippen LogP contribution >= 0.6 is 0 Å². The number of ether oxygens (including phenoxy) is 1. The molecule has 4 heteroatoms. The van der Waals surface area contributed by atoms with Crippen LogP contribution in [-0.4, -0.2) is 54.7 Å². The lowest BCUT2D eigenvalue weighted by atomic mass is 9.84. The molecule has 0 spiro atoms. The first kappa shape index (κ1) is 14.7. The van der Waals surface area contributed by atoms with Crippen LogP contribution < -0.4 is 4.74 Å². The first-order valence-electron chi connectivity index (χ1n) is 7.96. The van der Waals surface area contributed by atoms with Crippen molar-refractivity contribution >= 4 is 0 Å². The normalized spacial score (nSPS) is 27.3. The molecule has 1 aromatic carbocycles. The Hall–Kier alpha value is -1.26. The number of phenolic OH excluding ortho intramolecular Hbond substituents is 1. The van der Waals surface area contributed by atoms with E-state index in [-0.39, 0.29) is 0 Å². The first-order valence-corrected chi connectivity index (χ1v) is 7.96. The van der Waals surface area contributed by atoms with Crippen molar-refractivity contribution < 1.29 is 9.84 Å². The average Bonchev–Trinajstić information content (AvgIpc) is 2.49. The topological polar surface area (TPSA) is 35.9 Å². The Morgan fingerprint density at radius 1 is 1.29 bits per heavy atom. The van der Waals surface area contributed by atoms with Gasteiger partial charge in [0.05, 0.1) is 7.11 Å². The van der Waals surface area contributed by atoms with E-state index < -0.39 is 0 Å². The molecule has 0 amide bonds. The summed E-state index contributed by atoms with van der Waals surface area (Å²) in [5.41, 5.74) is 0.999. The third-order valence-electron chi connectivity index (χ3n) is 5.12. The van der Waals surface area contributed by atoms with Crippen molar-refractivity contribution in [2.45, 2.75) is 31.8 Å². The molecule has 0 aliphatic carbocycles. The van der Waals surface area contributed by atoms with Gasteiger partial charge in [0.15, 0.2) is 0 Å². The van der Waals surface area contributed by atoms with E-state index >= 15 is 0 Å². The predicted octanol–water partition coefficient (Wildman–Crippen LogP) is 2.32. The second-order valence-corrected chi connectivity index (χ2v) is 6.47. The zero-order chi connectivity index (χ0) is 14.8. The van der Waals surface area contributed by atoms with Gasteiger partial charge in [-0.05, 0) is 51.4 Å². The summed E-state index contributed by atoms with van der Waals surface area (Å²) in [6.45, 7) is 4.36. The lowest BCUT2D eigenvalue weighted by Gasteiger charge is -2.46. The van der Waals surface area contributed by atoms with Crippen LogP contribution in [-0.2, 0) is 6.54 Å². The van der Waals surface area contributed by atoms with Gasteiger partial charge >= 0.3 is 0 Å². The van der Waals surface area contributed by atoms with E-state index in [1.165, 1.54) is 25.8 Å². The number of benzene rings is 1. The van der Waals surface area contributed by atoms with E-state index in [1.807, 2.05) is 12.1 Å². The number of hydrogen-bond donors (Lipinski definition) is 1. The Morgan fingerprint density at radius 2 is 2.14 bits per heavy atom. The molecule has 2 aliphatic heterocycles. The molecule has 0 bridgehead atoms. The monoisotopic (exact) mass is 290 g/mol. The summed E-state index contributed by atoms with van der Waals surface area (Å²) in [5, 5.41) is 10.1. The van der Waals surface area contributed by atoms with E-state index in [1.54, 1.807) is 13.2 Å². The van der Waals surface area contributed by atoms with Crippen LogP contribution in [0.4, 0.5) is 0 Å². The molecule has 0 radical (unpaired) electrons. The van der Waals surface area contributed by atoms with E-state index in [9.17, 15) is 5.11 Å². The number of nitrogens with zero attached hydrogens (tertiary/aromatic N) is 2. The summed E-state index contributed by atoms with van der Waals surface area (Å²) < 4.78 is 5.14. The van der Waals surface area contributed by atoms with Crippen LogP contribution in [0.3, 0.4) is 0 Å². The number of methoxy groups -OCH3 is 1. The Kier molecular flexibility index (Phi) is 4.36. The van der Waals surface area contributed by atoms with Gasteiger partial charge in [0.2, 0.25) is 0 Å². The van der Waals surface area contributed by atoms with E-state index in [0.29, 0.717) is 11.5 Å². The highest BCUT2D eigenvalue weighted by Crippen LogP contribution is 2.31. The third kappa shape index (κ3) is 3.16. The number of rotatable bonds is 3. The molecular formula is C17H26N2O2. The van der Waals surface area contributed by atoms with Gasteiger partial charge in [0, 0.05) is 30.8 Å². The Morgan fingerprint density at radius 3 is 2.90 bits per heavy atom. The maximum Gasteiger partial charge on any atom is 0.123 e. The highest BCUT2D eigenvalue weighted by molar-refractivity contribution is 5.39. The van der Waals surface area contributed by atoms with Crippen molar-refractivity contribution in [1.82, 2.24) is 9.80 Å². The lowest BCUT2D eigenvalue weighted by Crippen LogP contribution is -2.52. The Bertz CT molecular complexity index is 492. The van der Waals surface area contributed by atoms with Gasteiger partial charge in [-0.15, -0.1) is 0 Å². The van der Waals surface area contributed by atoms with Gasteiger partial charge in [-0.2, -0.15) is 0 Å². The lowest BCUT2D eigenvalue weighted by molar-refractivity contribution is 0.0352. The maximum absolute atomic E-state index is 10.1. The second kappa shape index (κ2) is 6.24. The van der Waals surface area contributed by atoms with Crippen LogP contribution in [0.25, 0.3) is 0 Å². The number of likely N-dealkylation sites (tertiary alicyclic amines) is 2. The highest BCUT2D eigenvalue weighted by Gasteiger charge is 2.34. The van der Waals surface area contributed by atoms with Gasteiger partial charge in [-0.25, -0.2) is 0 Å². The van der Waals surface area contributed by atoms with Gasteiger partial charge in [0.25, 0.3) is 0 Å².